The largest absolute Gasteiger partial charge is 0.130 e. The highest BCUT2D eigenvalue weighted by Gasteiger charge is 2.30. The Hall–Kier alpha value is -0.263. The lowest BCUT2D eigenvalue weighted by Crippen LogP contribution is -2.34. The number of hydrogen-bond acceptors (Lipinski definition) is 0. The van der Waals surface area contributed by atoms with Gasteiger partial charge in [-0.15, -0.1) is 5.73 Å². The van der Waals surface area contributed by atoms with Crippen LogP contribution in [0.5, 0.6) is 0 Å². The van der Waals surface area contributed by atoms with Crippen LogP contribution < -0.4 is 0 Å². The van der Waals surface area contributed by atoms with Crippen molar-refractivity contribution in [2.24, 2.45) is 5.41 Å². The number of unbranched alkanes of at least 4 members (excludes halogenated alkanes) is 3. The van der Waals surface area contributed by atoms with Crippen molar-refractivity contribution in [2.75, 3.05) is 0 Å². The maximum Gasteiger partial charge on any atom is 0.0906 e. The summed E-state index contributed by atoms with van der Waals surface area (Å²) < 4.78 is 0. The van der Waals surface area contributed by atoms with E-state index in [2.05, 4.69) is 60.3 Å². The molecular weight excluding hydrogens is 268 g/mol. The molecule has 1 heteroatoms. The van der Waals surface area contributed by atoms with Gasteiger partial charge in [-0.2, -0.15) is 0 Å². The molecule has 0 saturated heterocycles. The Labute approximate surface area is 136 Å². The van der Waals surface area contributed by atoms with Gasteiger partial charge in [-0.3, -0.25) is 0 Å². The minimum absolute atomic E-state index is 0.384. The van der Waals surface area contributed by atoms with Crippen molar-refractivity contribution in [3.63, 3.8) is 0 Å². The van der Waals surface area contributed by atoms with Gasteiger partial charge in [0.15, 0.2) is 0 Å². The lowest BCUT2D eigenvalue weighted by atomic mass is 9.92. The standard InChI is InChI=1S/C20H40Si/c1-8-12-13-14-16-19(17-15-18-20(5,6)7)21(9-2,10-3)11-4/h15H,8-14,16,18H2,1-7H3. The second kappa shape index (κ2) is 10.5. The van der Waals surface area contributed by atoms with Crippen molar-refractivity contribution < 1.29 is 0 Å². The van der Waals surface area contributed by atoms with Gasteiger partial charge >= 0.3 is 0 Å². The Bertz CT molecular complexity index is 314. The molecule has 0 heterocycles. The highest BCUT2D eigenvalue weighted by molar-refractivity contribution is 6.86. The maximum absolute atomic E-state index is 3.80. The van der Waals surface area contributed by atoms with Crippen molar-refractivity contribution in [2.45, 2.75) is 105 Å². The van der Waals surface area contributed by atoms with Crippen LogP contribution in [0.25, 0.3) is 0 Å². The van der Waals surface area contributed by atoms with Gasteiger partial charge < -0.3 is 0 Å². The minimum atomic E-state index is -1.23. The molecule has 0 nitrogen and oxygen atoms in total. The molecule has 0 radical (unpaired) electrons. The average molecular weight is 309 g/mol. The van der Waals surface area contributed by atoms with E-state index >= 15 is 0 Å². The molecule has 0 unspecified atom stereocenters. The zero-order chi connectivity index (χ0) is 16.4. The van der Waals surface area contributed by atoms with Crippen LogP contribution in [0.1, 0.15) is 87.0 Å². The molecular formula is C20H40Si. The SMILES string of the molecule is CCCCCCC(=C=CCC(C)(C)C)[Si](CC)(CC)CC. The Morgan fingerprint density at radius 2 is 1.48 bits per heavy atom. The van der Waals surface area contributed by atoms with E-state index in [1.165, 1.54) is 50.2 Å². The van der Waals surface area contributed by atoms with Crippen LogP contribution in [-0.2, 0) is 0 Å². The number of hydrogen-bond donors (Lipinski definition) is 0. The van der Waals surface area contributed by atoms with Crippen LogP contribution in [0, 0.1) is 5.41 Å². The van der Waals surface area contributed by atoms with Gasteiger partial charge in [-0.05, 0) is 35.9 Å². The maximum atomic E-state index is 3.80. The summed E-state index contributed by atoms with van der Waals surface area (Å²) >= 11 is 0. The lowest BCUT2D eigenvalue weighted by Gasteiger charge is -2.30. The Morgan fingerprint density at radius 1 is 0.905 bits per heavy atom. The van der Waals surface area contributed by atoms with Gasteiger partial charge in [-0.25, -0.2) is 0 Å². The Morgan fingerprint density at radius 3 is 1.90 bits per heavy atom. The van der Waals surface area contributed by atoms with Crippen molar-refractivity contribution in [3.8, 4) is 0 Å². The molecule has 0 aliphatic rings. The summed E-state index contributed by atoms with van der Waals surface area (Å²) in [5, 5.41) is 1.73. The average Bonchev–Trinajstić information content (AvgIpc) is 2.44. The third kappa shape index (κ3) is 8.07. The topological polar surface area (TPSA) is 0 Å². The summed E-state index contributed by atoms with van der Waals surface area (Å²) in [6.07, 6.45) is 10.3. The van der Waals surface area contributed by atoms with Crippen molar-refractivity contribution in [1.29, 1.82) is 0 Å². The molecule has 0 N–H and O–H groups in total. The second-order valence-corrected chi connectivity index (χ2v) is 13.0. The number of rotatable bonds is 10. The molecule has 0 aliphatic heterocycles. The van der Waals surface area contributed by atoms with Crippen LogP contribution in [0.3, 0.4) is 0 Å². The molecule has 0 spiro atoms. The first kappa shape index (κ1) is 20.7. The van der Waals surface area contributed by atoms with Crippen LogP contribution in [0.2, 0.25) is 18.1 Å². The van der Waals surface area contributed by atoms with Crippen molar-refractivity contribution in [1.82, 2.24) is 0 Å². The molecule has 21 heavy (non-hydrogen) atoms. The predicted octanol–water partition coefficient (Wildman–Crippen LogP) is 7.52. The Kier molecular flexibility index (Phi) is 10.3. The first-order valence-electron chi connectivity index (χ1n) is 9.29. The third-order valence-corrected chi connectivity index (χ3v) is 10.7. The summed E-state index contributed by atoms with van der Waals surface area (Å²) in [6.45, 7) is 16.5. The lowest BCUT2D eigenvalue weighted by molar-refractivity contribution is 0.421. The minimum Gasteiger partial charge on any atom is -0.130 e. The van der Waals surface area contributed by atoms with Crippen LogP contribution >= 0.6 is 0 Å². The van der Waals surface area contributed by atoms with E-state index in [4.69, 9.17) is 0 Å². The van der Waals surface area contributed by atoms with Crippen molar-refractivity contribution in [3.05, 3.63) is 17.0 Å². The van der Waals surface area contributed by atoms with E-state index < -0.39 is 8.07 Å². The molecule has 0 aromatic heterocycles. The fourth-order valence-electron chi connectivity index (χ4n) is 3.09. The molecule has 0 aromatic carbocycles. The predicted molar refractivity (Wildman–Crippen MR) is 102 cm³/mol. The first-order valence-corrected chi connectivity index (χ1v) is 11.9. The fourth-order valence-corrected chi connectivity index (χ4v) is 6.99. The molecule has 0 atom stereocenters. The molecule has 0 aromatic rings. The zero-order valence-corrected chi connectivity index (χ0v) is 16.9. The normalized spacial score (nSPS) is 12.1. The monoisotopic (exact) mass is 308 g/mol. The summed E-state index contributed by atoms with van der Waals surface area (Å²) in [5.41, 5.74) is 4.18. The molecule has 0 amide bonds. The molecule has 124 valence electrons. The molecule has 0 aliphatic carbocycles. The van der Waals surface area contributed by atoms with E-state index in [1.54, 1.807) is 5.20 Å². The van der Waals surface area contributed by atoms with Gasteiger partial charge in [0.2, 0.25) is 0 Å². The van der Waals surface area contributed by atoms with E-state index in [-0.39, 0.29) is 0 Å². The summed E-state index contributed by atoms with van der Waals surface area (Å²) in [5.74, 6) is 0. The molecule has 0 saturated carbocycles. The van der Waals surface area contributed by atoms with E-state index in [0.717, 1.165) is 6.42 Å². The molecule has 0 rings (SSSR count). The highest BCUT2D eigenvalue weighted by atomic mass is 28.3. The Balaban J connectivity index is 5.11. The van der Waals surface area contributed by atoms with Crippen LogP contribution in [-0.4, -0.2) is 8.07 Å². The summed E-state index contributed by atoms with van der Waals surface area (Å²) in [7, 11) is -1.23. The summed E-state index contributed by atoms with van der Waals surface area (Å²) in [6, 6.07) is 4.17. The van der Waals surface area contributed by atoms with Gasteiger partial charge in [0.25, 0.3) is 0 Å². The summed E-state index contributed by atoms with van der Waals surface area (Å²) in [4.78, 5) is 0. The molecule has 0 fully saturated rings. The van der Waals surface area contributed by atoms with Crippen LogP contribution in [0.15, 0.2) is 17.0 Å². The third-order valence-electron chi connectivity index (χ3n) is 4.94. The first-order chi connectivity index (χ1) is 9.85. The number of allylic oxidation sites excluding steroid dienone is 1. The van der Waals surface area contributed by atoms with Gasteiger partial charge in [0.1, 0.15) is 0 Å². The van der Waals surface area contributed by atoms with E-state index in [1.807, 2.05) is 0 Å². The quantitative estimate of drug-likeness (QED) is 0.222. The van der Waals surface area contributed by atoms with E-state index in [9.17, 15) is 0 Å². The van der Waals surface area contributed by atoms with Gasteiger partial charge in [0, 0.05) is 0 Å². The van der Waals surface area contributed by atoms with E-state index in [0.29, 0.717) is 5.41 Å². The smallest absolute Gasteiger partial charge is 0.0906 e. The van der Waals surface area contributed by atoms with Crippen LogP contribution in [0.4, 0.5) is 0 Å². The highest BCUT2D eigenvalue weighted by Crippen LogP contribution is 2.31. The van der Waals surface area contributed by atoms with Gasteiger partial charge in [0.05, 0.1) is 8.07 Å². The molecule has 0 bridgehead atoms. The zero-order valence-electron chi connectivity index (χ0n) is 15.9. The second-order valence-electron chi connectivity index (χ2n) is 7.74. The van der Waals surface area contributed by atoms with Gasteiger partial charge in [-0.1, -0.05) is 85.9 Å². The van der Waals surface area contributed by atoms with Crippen molar-refractivity contribution >= 4 is 8.07 Å². The fraction of sp³-hybridized carbons (Fsp3) is 0.850.